The predicted octanol–water partition coefficient (Wildman–Crippen LogP) is 4.48. The number of aliphatic carboxylic acids is 1. The van der Waals surface area contributed by atoms with E-state index in [0.717, 1.165) is 46.9 Å². The summed E-state index contributed by atoms with van der Waals surface area (Å²) in [5.74, 6) is -0.539. The van der Waals surface area contributed by atoms with Gasteiger partial charge in [-0.05, 0) is 54.7 Å². The highest BCUT2D eigenvalue weighted by atomic mass is 16.5. The molecule has 2 aliphatic rings. The van der Waals surface area contributed by atoms with E-state index in [2.05, 4.69) is 22.4 Å². The van der Waals surface area contributed by atoms with Crippen LogP contribution in [0, 0.1) is 17.2 Å². The molecule has 2 N–H and O–H groups in total. The van der Waals surface area contributed by atoms with Crippen LogP contribution in [0.5, 0.6) is 5.75 Å². The second-order valence-electron chi connectivity index (χ2n) is 8.88. The van der Waals surface area contributed by atoms with Crippen molar-refractivity contribution in [3.8, 4) is 22.9 Å². The van der Waals surface area contributed by atoms with Gasteiger partial charge in [-0.2, -0.15) is 5.26 Å². The molecule has 0 bridgehead atoms. The molecule has 1 aliphatic carbocycles. The molecule has 2 aromatic carbocycles. The zero-order valence-corrected chi connectivity index (χ0v) is 18.9. The normalized spacial score (nSPS) is 20.0. The molecule has 35 heavy (non-hydrogen) atoms. The van der Waals surface area contributed by atoms with Gasteiger partial charge in [-0.3, -0.25) is 9.78 Å². The molecule has 1 spiro atoms. The van der Waals surface area contributed by atoms with Crippen molar-refractivity contribution in [3.05, 3.63) is 89.8 Å². The fraction of sp³-hybridized carbons (Fsp3) is 0.214. The van der Waals surface area contributed by atoms with Gasteiger partial charge in [0.2, 0.25) is 5.91 Å². The Morgan fingerprint density at radius 3 is 2.89 bits per heavy atom. The van der Waals surface area contributed by atoms with Crippen LogP contribution in [-0.4, -0.2) is 28.6 Å². The van der Waals surface area contributed by atoms with Gasteiger partial charge in [0.1, 0.15) is 5.75 Å². The van der Waals surface area contributed by atoms with Gasteiger partial charge in [0.15, 0.2) is 0 Å². The Kier molecular flexibility index (Phi) is 5.79. The average molecular weight is 466 g/mol. The average Bonchev–Trinajstić information content (AvgIpc) is 3.59. The summed E-state index contributed by atoms with van der Waals surface area (Å²) in [7, 11) is 0. The number of nitrogens with one attached hydrogen (secondary N) is 1. The topological polar surface area (TPSA) is 112 Å². The molecule has 174 valence electrons. The minimum atomic E-state index is -1.03. The van der Waals surface area contributed by atoms with E-state index in [9.17, 15) is 14.9 Å². The quantitative estimate of drug-likeness (QED) is 0.519. The van der Waals surface area contributed by atoms with Crippen molar-refractivity contribution in [2.24, 2.45) is 5.92 Å². The molecule has 2 heterocycles. The smallest absolute Gasteiger partial charge is 0.327 e. The van der Waals surface area contributed by atoms with E-state index in [-0.39, 0.29) is 17.2 Å². The third-order valence-corrected chi connectivity index (χ3v) is 6.81. The van der Waals surface area contributed by atoms with Crippen LogP contribution in [0.3, 0.4) is 0 Å². The molecular formula is C28H23N3O4. The fourth-order valence-electron chi connectivity index (χ4n) is 4.91. The van der Waals surface area contributed by atoms with Gasteiger partial charge in [0, 0.05) is 46.6 Å². The SMILES string of the molecule is N#Cc1ccc(CC=CC(=O)O)c(NC(=O)[C@@H]2C[C@]23CCOc2cc(-c4cccnc4)ccc23)c1. The molecule has 1 saturated carbocycles. The molecular weight excluding hydrogens is 442 g/mol. The van der Waals surface area contributed by atoms with Crippen molar-refractivity contribution >= 4 is 17.6 Å². The molecule has 1 fully saturated rings. The maximum absolute atomic E-state index is 13.3. The first-order valence-corrected chi connectivity index (χ1v) is 11.4. The van der Waals surface area contributed by atoms with Crippen molar-refractivity contribution in [2.75, 3.05) is 11.9 Å². The molecule has 1 aromatic heterocycles. The molecule has 5 rings (SSSR count). The lowest BCUT2D eigenvalue weighted by Crippen LogP contribution is -2.27. The number of fused-ring (bicyclic) bond motifs is 2. The molecule has 7 heteroatoms. The Morgan fingerprint density at radius 1 is 1.23 bits per heavy atom. The van der Waals surface area contributed by atoms with Crippen molar-refractivity contribution in [1.82, 2.24) is 4.98 Å². The highest BCUT2D eigenvalue weighted by Crippen LogP contribution is 2.61. The van der Waals surface area contributed by atoms with Gasteiger partial charge in [-0.25, -0.2) is 4.79 Å². The van der Waals surface area contributed by atoms with E-state index in [1.165, 1.54) is 6.08 Å². The zero-order chi connectivity index (χ0) is 24.4. The summed E-state index contributed by atoms with van der Waals surface area (Å²) in [5, 5.41) is 21.2. The summed E-state index contributed by atoms with van der Waals surface area (Å²) < 4.78 is 5.98. The van der Waals surface area contributed by atoms with E-state index < -0.39 is 5.97 Å². The number of nitrogens with zero attached hydrogens (tertiary/aromatic N) is 2. The van der Waals surface area contributed by atoms with Gasteiger partial charge in [0.05, 0.1) is 18.2 Å². The summed E-state index contributed by atoms with van der Waals surface area (Å²) in [6.07, 6.45) is 7.96. The zero-order valence-electron chi connectivity index (χ0n) is 18.9. The highest BCUT2D eigenvalue weighted by Gasteiger charge is 2.61. The van der Waals surface area contributed by atoms with Crippen LogP contribution in [0.4, 0.5) is 5.69 Å². The molecule has 0 saturated heterocycles. The van der Waals surface area contributed by atoms with E-state index in [0.29, 0.717) is 24.3 Å². The lowest BCUT2D eigenvalue weighted by molar-refractivity contribution is -0.131. The number of carbonyl (C=O) groups excluding carboxylic acids is 1. The lowest BCUT2D eigenvalue weighted by atomic mass is 9.86. The summed E-state index contributed by atoms with van der Waals surface area (Å²) in [6, 6.07) is 17.1. The van der Waals surface area contributed by atoms with E-state index >= 15 is 0 Å². The van der Waals surface area contributed by atoms with Crippen LogP contribution in [0.15, 0.2) is 73.1 Å². The number of rotatable bonds is 6. The van der Waals surface area contributed by atoms with Gasteiger partial charge >= 0.3 is 5.97 Å². The number of carboxylic acid groups (broad SMARTS) is 1. The molecule has 1 aliphatic heterocycles. The van der Waals surface area contributed by atoms with Gasteiger partial charge < -0.3 is 15.2 Å². The van der Waals surface area contributed by atoms with Crippen molar-refractivity contribution in [1.29, 1.82) is 5.26 Å². The number of hydrogen-bond donors (Lipinski definition) is 2. The summed E-state index contributed by atoms with van der Waals surface area (Å²) in [6.45, 7) is 0.544. The second kappa shape index (κ2) is 9.07. The van der Waals surface area contributed by atoms with Crippen LogP contribution >= 0.6 is 0 Å². The van der Waals surface area contributed by atoms with Crippen LogP contribution in [0.2, 0.25) is 0 Å². The summed E-state index contributed by atoms with van der Waals surface area (Å²) in [4.78, 5) is 28.3. The number of allylic oxidation sites excluding steroid dienone is 1. The van der Waals surface area contributed by atoms with Crippen LogP contribution in [-0.2, 0) is 21.4 Å². The first kappa shape index (κ1) is 22.4. The number of hydrogen-bond acceptors (Lipinski definition) is 5. The number of aromatic nitrogens is 1. The number of pyridine rings is 1. The first-order valence-electron chi connectivity index (χ1n) is 11.4. The maximum Gasteiger partial charge on any atom is 0.327 e. The largest absolute Gasteiger partial charge is 0.493 e. The number of amides is 1. The van der Waals surface area contributed by atoms with Crippen LogP contribution in [0.25, 0.3) is 11.1 Å². The number of anilines is 1. The first-order chi connectivity index (χ1) is 17.0. The molecule has 1 amide bonds. The Labute approximate surface area is 202 Å². The lowest BCUT2D eigenvalue weighted by Gasteiger charge is -2.27. The minimum Gasteiger partial charge on any atom is -0.493 e. The predicted molar refractivity (Wildman–Crippen MR) is 130 cm³/mol. The Hall–Kier alpha value is -4.44. The fourth-order valence-corrected chi connectivity index (χ4v) is 4.91. The molecule has 7 nitrogen and oxygen atoms in total. The standard InChI is InChI=1S/C28H23N3O4/c29-16-18-6-7-19(3-1-5-26(32)33)24(13-18)31-27(34)23-15-28(23)10-12-35-25-14-20(8-9-22(25)28)21-4-2-11-30-17-21/h1-2,4-9,11,13-14,17,23H,3,10,12,15H2,(H,31,34)(H,32,33)/t23-,28-/m0/s1. The third kappa shape index (κ3) is 4.38. The molecule has 2 atom stereocenters. The number of carboxylic acids is 1. The molecule has 0 radical (unpaired) electrons. The number of benzene rings is 2. The summed E-state index contributed by atoms with van der Waals surface area (Å²) in [5.41, 5.74) is 4.52. The maximum atomic E-state index is 13.3. The second-order valence-corrected chi connectivity index (χ2v) is 8.88. The number of carbonyl (C=O) groups is 2. The Balaban J connectivity index is 1.37. The highest BCUT2D eigenvalue weighted by molar-refractivity contribution is 5.97. The van der Waals surface area contributed by atoms with Gasteiger partial charge in [-0.1, -0.05) is 30.3 Å². The van der Waals surface area contributed by atoms with Crippen LogP contribution < -0.4 is 10.1 Å². The van der Waals surface area contributed by atoms with Crippen molar-refractivity contribution in [2.45, 2.75) is 24.7 Å². The van der Waals surface area contributed by atoms with Crippen molar-refractivity contribution in [3.63, 3.8) is 0 Å². The Morgan fingerprint density at radius 2 is 2.11 bits per heavy atom. The third-order valence-electron chi connectivity index (χ3n) is 6.81. The monoisotopic (exact) mass is 465 g/mol. The summed E-state index contributed by atoms with van der Waals surface area (Å²) >= 11 is 0. The minimum absolute atomic E-state index is 0.104. The van der Waals surface area contributed by atoms with E-state index in [1.807, 2.05) is 30.5 Å². The van der Waals surface area contributed by atoms with E-state index in [4.69, 9.17) is 9.84 Å². The Bertz CT molecular complexity index is 1380. The molecule has 0 unspecified atom stereocenters. The number of ether oxygens (including phenoxy) is 1. The van der Waals surface area contributed by atoms with Crippen LogP contribution in [0.1, 0.15) is 29.5 Å². The number of nitriles is 1. The van der Waals surface area contributed by atoms with Crippen molar-refractivity contribution < 1.29 is 19.4 Å². The molecule has 3 aromatic rings. The van der Waals surface area contributed by atoms with Gasteiger partial charge in [-0.15, -0.1) is 0 Å². The van der Waals surface area contributed by atoms with Gasteiger partial charge in [0.25, 0.3) is 0 Å². The van der Waals surface area contributed by atoms with E-state index in [1.54, 1.807) is 24.4 Å².